The van der Waals surface area contributed by atoms with Gasteiger partial charge in [0.25, 0.3) is 0 Å². The minimum atomic E-state index is 0.0270. The normalized spacial score (nSPS) is 12.7. The van der Waals surface area contributed by atoms with Gasteiger partial charge < -0.3 is 4.57 Å². The summed E-state index contributed by atoms with van der Waals surface area (Å²) in [7, 11) is 0. The van der Waals surface area contributed by atoms with Crippen molar-refractivity contribution in [1.29, 1.82) is 0 Å². The molecular weight excluding hydrogens is 258 g/mol. The number of alkyl halides is 1. The van der Waals surface area contributed by atoms with Crippen molar-refractivity contribution in [3.63, 3.8) is 0 Å². The minimum absolute atomic E-state index is 0.0270. The summed E-state index contributed by atoms with van der Waals surface area (Å²) in [5.74, 6) is 0.0917. The van der Waals surface area contributed by atoms with Crippen molar-refractivity contribution in [3.05, 3.63) is 23.0 Å². The van der Waals surface area contributed by atoms with Gasteiger partial charge in [-0.1, -0.05) is 32.6 Å². The van der Waals surface area contributed by atoms with Crippen molar-refractivity contribution in [2.45, 2.75) is 65.8 Å². The van der Waals surface area contributed by atoms with Gasteiger partial charge in [0.15, 0.2) is 5.78 Å². The molecule has 1 rings (SSSR count). The van der Waals surface area contributed by atoms with Crippen LogP contribution in [0, 0.1) is 13.8 Å². The number of aromatic nitrogens is 1. The SMILES string of the molecule is CCCCCCC(C)n1c(C)cc(C(=O)CCl)c1C. The van der Waals surface area contributed by atoms with Crippen molar-refractivity contribution >= 4 is 17.4 Å². The van der Waals surface area contributed by atoms with E-state index in [1.165, 1.54) is 32.1 Å². The number of ketones is 1. The van der Waals surface area contributed by atoms with E-state index >= 15 is 0 Å². The van der Waals surface area contributed by atoms with Crippen LogP contribution in [-0.4, -0.2) is 16.2 Å². The maximum Gasteiger partial charge on any atom is 0.179 e. The topological polar surface area (TPSA) is 22.0 Å². The number of nitrogens with zero attached hydrogens (tertiary/aromatic N) is 1. The maximum atomic E-state index is 11.8. The molecule has 1 aromatic rings. The molecule has 0 aliphatic rings. The van der Waals surface area contributed by atoms with Crippen LogP contribution < -0.4 is 0 Å². The van der Waals surface area contributed by atoms with Gasteiger partial charge >= 0.3 is 0 Å². The summed E-state index contributed by atoms with van der Waals surface area (Å²) in [6.45, 7) is 8.56. The predicted octanol–water partition coefficient (Wildman–Crippen LogP) is 5.06. The lowest BCUT2D eigenvalue weighted by atomic mass is 10.1. The number of unbranched alkanes of at least 4 members (excludes halogenated alkanes) is 3. The number of hydrogen-bond donors (Lipinski definition) is 0. The zero-order valence-electron chi connectivity index (χ0n) is 12.6. The molecule has 0 aliphatic carbocycles. The number of rotatable bonds is 8. The highest BCUT2D eigenvalue weighted by molar-refractivity contribution is 6.30. The lowest BCUT2D eigenvalue weighted by Gasteiger charge is -2.18. The second-order valence-corrected chi connectivity index (χ2v) is 5.68. The second-order valence-electron chi connectivity index (χ2n) is 5.41. The molecule has 0 N–H and O–H groups in total. The van der Waals surface area contributed by atoms with Crippen molar-refractivity contribution < 1.29 is 4.79 Å². The second kappa shape index (κ2) is 7.74. The Morgan fingerprint density at radius 2 is 2.00 bits per heavy atom. The average Bonchev–Trinajstić information content (AvgIpc) is 2.69. The van der Waals surface area contributed by atoms with Gasteiger partial charge in [0.1, 0.15) is 0 Å². The molecule has 0 radical (unpaired) electrons. The first-order valence-corrected chi connectivity index (χ1v) is 7.83. The Hall–Kier alpha value is -0.760. The molecule has 2 nitrogen and oxygen atoms in total. The van der Waals surface area contributed by atoms with Gasteiger partial charge in [0.05, 0.1) is 5.88 Å². The number of halogens is 1. The van der Waals surface area contributed by atoms with E-state index in [0.29, 0.717) is 6.04 Å². The fourth-order valence-electron chi connectivity index (χ4n) is 2.81. The van der Waals surface area contributed by atoms with Gasteiger partial charge in [-0.25, -0.2) is 0 Å². The molecule has 0 saturated heterocycles. The van der Waals surface area contributed by atoms with E-state index in [2.05, 4.69) is 25.3 Å². The Labute approximate surface area is 122 Å². The Morgan fingerprint density at radius 1 is 1.32 bits per heavy atom. The van der Waals surface area contributed by atoms with E-state index in [0.717, 1.165) is 17.0 Å². The molecule has 0 amide bonds. The highest BCUT2D eigenvalue weighted by atomic mass is 35.5. The molecular formula is C16H26ClNO. The lowest BCUT2D eigenvalue weighted by molar-refractivity contribution is 0.102. The third-order valence-corrected chi connectivity index (χ3v) is 4.07. The molecule has 1 atom stereocenters. The van der Waals surface area contributed by atoms with Gasteiger partial charge in [-0.05, 0) is 33.3 Å². The van der Waals surface area contributed by atoms with Crippen LogP contribution in [0.4, 0.5) is 0 Å². The van der Waals surface area contributed by atoms with Gasteiger partial charge in [0.2, 0.25) is 0 Å². The minimum Gasteiger partial charge on any atom is -0.346 e. The number of aryl methyl sites for hydroxylation is 1. The summed E-state index contributed by atoms with van der Waals surface area (Å²) in [6.07, 6.45) is 6.31. The van der Waals surface area contributed by atoms with Crippen molar-refractivity contribution in [2.24, 2.45) is 0 Å². The molecule has 0 aromatic carbocycles. The molecule has 19 heavy (non-hydrogen) atoms. The standard InChI is InChI=1S/C16H26ClNO/c1-5-6-7-8-9-12(2)18-13(3)10-15(14(18)4)16(19)11-17/h10,12H,5-9,11H2,1-4H3. The molecule has 0 saturated carbocycles. The molecule has 0 bridgehead atoms. The predicted molar refractivity (Wildman–Crippen MR) is 82.4 cm³/mol. The van der Waals surface area contributed by atoms with Crippen LogP contribution in [-0.2, 0) is 0 Å². The molecule has 1 heterocycles. The highest BCUT2D eigenvalue weighted by Crippen LogP contribution is 2.24. The van der Waals surface area contributed by atoms with Crippen molar-refractivity contribution in [3.8, 4) is 0 Å². The Morgan fingerprint density at radius 3 is 2.58 bits per heavy atom. The van der Waals surface area contributed by atoms with Gasteiger partial charge in [-0.2, -0.15) is 0 Å². The first-order valence-electron chi connectivity index (χ1n) is 7.30. The first kappa shape index (κ1) is 16.3. The van der Waals surface area contributed by atoms with E-state index in [4.69, 9.17) is 11.6 Å². The van der Waals surface area contributed by atoms with Crippen LogP contribution in [0.5, 0.6) is 0 Å². The zero-order valence-corrected chi connectivity index (χ0v) is 13.4. The molecule has 108 valence electrons. The molecule has 0 fully saturated rings. The van der Waals surface area contributed by atoms with E-state index in [1.54, 1.807) is 0 Å². The zero-order chi connectivity index (χ0) is 14.4. The summed E-state index contributed by atoms with van der Waals surface area (Å²) in [5, 5.41) is 0. The fourth-order valence-corrected chi connectivity index (χ4v) is 2.95. The molecule has 0 aliphatic heterocycles. The highest BCUT2D eigenvalue weighted by Gasteiger charge is 2.17. The Kier molecular flexibility index (Phi) is 6.64. The van der Waals surface area contributed by atoms with Crippen LogP contribution in [0.3, 0.4) is 0 Å². The molecule has 0 spiro atoms. The van der Waals surface area contributed by atoms with E-state index < -0.39 is 0 Å². The third kappa shape index (κ3) is 4.10. The average molecular weight is 284 g/mol. The lowest BCUT2D eigenvalue weighted by Crippen LogP contribution is -2.10. The van der Waals surface area contributed by atoms with Crippen LogP contribution >= 0.6 is 11.6 Å². The number of hydrogen-bond acceptors (Lipinski definition) is 1. The van der Waals surface area contributed by atoms with E-state index in [-0.39, 0.29) is 11.7 Å². The Bertz CT molecular complexity index is 423. The first-order chi connectivity index (χ1) is 9.02. The number of carbonyl (C=O) groups excluding carboxylic acids is 1. The van der Waals surface area contributed by atoms with Crippen LogP contribution in [0.15, 0.2) is 6.07 Å². The third-order valence-electron chi connectivity index (χ3n) is 3.82. The van der Waals surface area contributed by atoms with Gasteiger partial charge in [-0.15, -0.1) is 11.6 Å². The largest absolute Gasteiger partial charge is 0.346 e. The molecule has 1 aromatic heterocycles. The number of Topliss-reactive ketones (excluding diaryl/α,β-unsaturated/α-hetero) is 1. The quantitative estimate of drug-likeness (QED) is 0.371. The van der Waals surface area contributed by atoms with Crippen LogP contribution in [0.1, 0.15) is 73.7 Å². The fraction of sp³-hybridized carbons (Fsp3) is 0.688. The van der Waals surface area contributed by atoms with Crippen LogP contribution in [0.25, 0.3) is 0 Å². The summed E-state index contributed by atoms with van der Waals surface area (Å²) in [6, 6.07) is 2.43. The van der Waals surface area contributed by atoms with E-state index in [9.17, 15) is 4.79 Å². The number of carbonyl (C=O) groups is 1. The molecule has 1 unspecified atom stereocenters. The van der Waals surface area contributed by atoms with Gasteiger partial charge in [0, 0.05) is 23.0 Å². The van der Waals surface area contributed by atoms with Crippen molar-refractivity contribution in [1.82, 2.24) is 4.57 Å². The summed E-state index contributed by atoms with van der Waals surface area (Å²) in [4.78, 5) is 11.8. The Balaban J connectivity index is 2.77. The summed E-state index contributed by atoms with van der Waals surface area (Å²) >= 11 is 5.66. The monoisotopic (exact) mass is 283 g/mol. The summed E-state index contributed by atoms with van der Waals surface area (Å²) < 4.78 is 2.28. The van der Waals surface area contributed by atoms with Crippen molar-refractivity contribution in [2.75, 3.05) is 5.88 Å². The molecule has 3 heteroatoms. The van der Waals surface area contributed by atoms with Gasteiger partial charge in [-0.3, -0.25) is 4.79 Å². The van der Waals surface area contributed by atoms with Crippen LogP contribution in [0.2, 0.25) is 0 Å². The smallest absolute Gasteiger partial charge is 0.179 e. The summed E-state index contributed by atoms with van der Waals surface area (Å²) in [5.41, 5.74) is 3.01. The van der Waals surface area contributed by atoms with E-state index in [1.807, 2.05) is 13.0 Å². The maximum absolute atomic E-state index is 11.8.